The van der Waals surface area contributed by atoms with E-state index in [1.54, 1.807) is 49.2 Å². The van der Waals surface area contributed by atoms with Crippen molar-refractivity contribution in [3.05, 3.63) is 86.3 Å². The molecule has 0 aliphatic rings. The van der Waals surface area contributed by atoms with E-state index in [4.69, 9.17) is 0 Å². The van der Waals surface area contributed by atoms with Gasteiger partial charge in [0.1, 0.15) is 5.82 Å². The summed E-state index contributed by atoms with van der Waals surface area (Å²) in [7, 11) is 1.76. The van der Waals surface area contributed by atoms with Crippen LogP contribution in [0.3, 0.4) is 0 Å². The Balaban J connectivity index is 1.28. The van der Waals surface area contributed by atoms with Crippen LogP contribution in [0.15, 0.2) is 58.1 Å². The maximum Gasteiger partial charge on any atom is 0.316 e. The Kier molecular flexibility index (Phi) is 7.24. The van der Waals surface area contributed by atoms with E-state index in [1.807, 2.05) is 6.07 Å². The van der Waals surface area contributed by atoms with E-state index in [-0.39, 0.29) is 11.7 Å². The molecule has 35 heavy (non-hydrogen) atoms. The number of nitrogens with one attached hydrogen (secondary N) is 2. The van der Waals surface area contributed by atoms with Gasteiger partial charge in [-0.05, 0) is 74.7 Å². The maximum absolute atomic E-state index is 13.1. The van der Waals surface area contributed by atoms with Crippen molar-refractivity contribution in [2.24, 2.45) is 0 Å². The zero-order valence-electron chi connectivity index (χ0n) is 19.8. The number of aromatic nitrogens is 4. The molecule has 9 heteroatoms. The second kappa shape index (κ2) is 10.5. The summed E-state index contributed by atoms with van der Waals surface area (Å²) in [5, 5.41) is 7.33. The molecule has 0 unspecified atom stereocenters. The Bertz CT molecular complexity index is 1450. The molecule has 182 valence electrons. The first-order valence-electron chi connectivity index (χ1n) is 11.7. The minimum absolute atomic E-state index is 0.139. The second-order valence-electron chi connectivity index (χ2n) is 8.56. The highest BCUT2D eigenvalue weighted by Crippen LogP contribution is 2.19. The quantitative estimate of drug-likeness (QED) is 0.283. The largest absolute Gasteiger partial charge is 0.342 e. The van der Waals surface area contributed by atoms with Gasteiger partial charge in [-0.2, -0.15) is 5.10 Å². The van der Waals surface area contributed by atoms with Crippen molar-refractivity contribution >= 4 is 16.9 Å². The van der Waals surface area contributed by atoms with Gasteiger partial charge in [0.15, 0.2) is 0 Å². The first-order valence-corrected chi connectivity index (χ1v) is 11.7. The molecule has 0 saturated heterocycles. The number of fused-ring (bicyclic) bond motifs is 1. The average molecular weight is 478 g/mol. The molecular weight excluding hydrogens is 449 g/mol. The Morgan fingerprint density at radius 2 is 1.83 bits per heavy atom. The fourth-order valence-electron chi connectivity index (χ4n) is 4.15. The highest BCUT2D eigenvalue weighted by molar-refractivity contribution is 5.97. The number of nitrogens with zero attached hydrogens (tertiary/aromatic N) is 3. The van der Waals surface area contributed by atoms with Crippen LogP contribution in [0.4, 0.5) is 4.39 Å². The molecule has 0 aliphatic heterocycles. The molecule has 0 fully saturated rings. The van der Waals surface area contributed by atoms with Crippen LogP contribution in [-0.4, -0.2) is 44.1 Å². The van der Waals surface area contributed by atoms with Crippen LogP contribution in [0.2, 0.25) is 0 Å². The molecule has 2 N–H and O–H groups in total. The van der Waals surface area contributed by atoms with Crippen LogP contribution in [0.1, 0.15) is 42.2 Å². The first kappa shape index (κ1) is 24.1. The highest BCUT2D eigenvalue weighted by Gasteiger charge is 2.14. The third-order valence-electron chi connectivity index (χ3n) is 6.10. The number of aromatic amines is 2. The zero-order chi connectivity index (χ0) is 24.9. The van der Waals surface area contributed by atoms with E-state index in [2.05, 4.69) is 15.2 Å². The number of hydrogen-bond acceptors (Lipinski definition) is 4. The fourth-order valence-corrected chi connectivity index (χ4v) is 4.15. The lowest BCUT2D eigenvalue weighted by molar-refractivity contribution is 0.0792. The van der Waals surface area contributed by atoms with Crippen LogP contribution < -0.4 is 11.1 Å². The molecule has 1 amide bonds. The topological polar surface area (TPSA) is 104 Å². The van der Waals surface area contributed by atoms with Crippen LogP contribution in [-0.2, 0) is 13.0 Å². The number of hydrogen-bond donors (Lipinski definition) is 2. The lowest BCUT2D eigenvalue weighted by atomic mass is 10.1. The molecule has 0 aliphatic carbocycles. The Hall–Kier alpha value is -4.01. The Morgan fingerprint density at radius 3 is 2.57 bits per heavy atom. The van der Waals surface area contributed by atoms with Gasteiger partial charge in [0, 0.05) is 37.0 Å². The summed E-state index contributed by atoms with van der Waals surface area (Å²) >= 11 is 0. The van der Waals surface area contributed by atoms with Gasteiger partial charge in [0.05, 0.1) is 16.7 Å². The van der Waals surface area contributed by atoms with Gasteiger partial charge in [-0.3, -0.25) is 19.5 Å². The van der Waals surface area contributed by atoms with Gasteiger partial charge < -0.3 is 14.5 Å². The fraction of sp³-hybridized carbons (Fsp3) is 0.308. The predicted molar refractivity (Wildman–Crippen MR) is 133 cm³/mol. The molecule has 2 aromatic heterocycles. The van der Waals surface area contributed by atoms with Gasteiger partial charge in [0.25, 0.3) is 5.91 Å². The third-order valence-corrected chi connectivity index (χ3v) is 6.10. The van der Waals surface area contributed by atoms with Gasteiger partial charge in [-0.15, -0.1) is 0 Å². The summed E-state index contributed by atoms with van der Waals surface area (Å²) in [6.07, 6.45) is 3.57. The summed E-state index contributed by atoms with van der Waals surface area (Å²) in [4.78, 5) is 41.0. The average Bonchev–Trinajstić information content (AvgIpc) is 3.33. The smallest absolute Gasteiger partial charge is 0.316 e. The van der Waals surface area contributed by atoms with Gasteiger partial charge in [-0.25, -0.2) is 4.39 Å². The molecule has 4 aromatic rings. The monoisotopic (exact) mass is 477 g/mol. The number of carbonyl (C=O) groups excluding carboxylic acids is 1. The standard InChI is InChI=1S/C26H28FN5O3/c1-3-32-23-13-10-18(15-22(23)28-24(33)26(32)35)25(34)31(2)14-6-4-5-7-20-16-21(30-29-20)17-8-11-19(27)12-9-17/h8-13,15-16H,3-7,14H2,1-2H3,(H,28,33)(H,29,30). The maximum atomic E-state index is 13.1. The normalized spacial score (nSPS) is 11.2. The molecule has 4 rings (SSSR count). The summed E-state index contributed by atoms with van der Waals surface area (Å²) in [6.45, 7) is 2.77. The highest BCUT2D eigenvalue weighted by atomic mass is 19.1. The lowest BCUT2D eigenvalue weighted by Crippen LogP contribution is -2.36. The molecule has 0 bridgehead atoms. The van der Waals surface area contributed by atoms with Gasteiger partial charge in [-0.1, -0.05) is 6.42 Å². The molecule has 0 saturated carbocycles. The number of aryl methyl sites for hydroxylation is 2. The number of carbonyl (C=O) groups is 1. The summed E-state index contributed by atoms with van der Waals surface area (Å²) < 4.78 is 14.5. The van der Waals surface area contributed by atoms with Crippen molar-refractivity contribution in [3.8, 4) is 11.3 Å². The SMILES string of the molecule is CCn1c(=O)c(=O)[nH]c2cc(C(=O)N(C)CCCCCc3cc(-c4ccc(F)cc4)n[nH]3)ccc21. The summed E-state index contributed by atoms with van der Waals surface area (Å²) in [5.41, 5.74) is 2.90. The first-order chi connectivity index (χ1) is 16.9. The number of benzene rings is 2. The Morgan fingerprint density at radius 1 is 1.06 bits per heavy atom. The van der Waals surface area contributed by atoms with E-state index < -0.39 is 11.1 Å². The summed E-state index contributed by atoms with van der Waals surface area (Å²) in [5.74, 6) is -0.412. The van der Waals surface area contributed by atoms with Crippen molar-refractivity contribution in [1.29, 1.82) is 0 Å². The van der Waals surface area contributed by atoms with Crippen LogP contribution in [0.5, 0.6) is 0 Å². The van der Waals surface area contributed by atoms with E-state index in [0.717, 1.165) is 42.6 Å². The van der Waals surface area contributed by atoms with Crippen molar-refractivity contribution < 1.29 is 9.18 Å². The van der Waals surface area contributed by atoms with E-state index in [1.165, 1.54) is 16.7 Å². The Labute approximate surface area is 201 Å². The van der Waals surface area contributed by atoms with Crippen molar-refractivity contribution in [2.75, 3.05) is 13.6 Å². The molecule has 2 aromatic carbocycles. The van der Waals surface area contributed by atoms with Crippen molar-refractivity contribution in [3.63, 3.8) is 0 Å². The third kappa shape index (κ3) is 5.40. The predicted octanol–water partition coefficient (Wildman–Crippen LogP) is 3.72. The minimum atomic E-state index is -0.695. The molecule has 0 spiro atoms. The van der Waals surface area contributed by atoms with E-state index >= 15 is 0 Å². The molecular formula is C26H28FN5O3. The van der Waals surface area contributed by atoms with Crippen molar-refractivity contribution in [1.82, 2.24) is 24.6 Å². The lowest BCUT2D eigenvalue weighted by Gasteiger charge is -2.17. The number of rotatable bonds is 9. The van der Waals surface area contributed by atoms with Crippen LogP contribution >= 0.6 is 0 Å². The molecule has 8 nitrogen and oxygen atoms in total. The van der Waals surface area contributed by atoms with Gasteiger partial charge in [0.2, 0.25) is 0 Å². The van der Waals surface area contributed by atoms with Crippen LogP contribution in [0.25, 0.3) is 22.3 Å². The molecule has 0 atom stereocenters. The molecule has 0 radical (unpaired) electrons. The number of halogens is 1. The van der Waals surface area contributed by atoms with Crippen LogP contribution in [0, 0.1) is 5.82 Å². The van der Waals surface area contributed by atoms with Gasteiger partial charge >= 0.3 is 11.1 Å². The van der Waals surface area contributed by atoms with E-state index in [9.17, 15) is 18.8 Å². The summed E-state index contributed by atoms with van der Waals surface area (Å²) in [6, 6.07) is 13.2. The second-order valence-corrected chi connectivity index (χ2v) is 8.56. The number of amides is 1. The minimum Gasteiger partial charge on any atom is -0.342 e. The molecule has 2 heterocycles. The zero-order valence-corrected chi connectivity index (χ0v) is 19.8. The number of H-pyrrole nitrogens is 2. The van der Waals surface area contributed by atoms with E-state index in [0.29, 0.717) is 29.7 Å². The van der Waals surface area contributed by atoms with Crippen molar-refractivity contribution in [2.45, 2.75) is 39.2 Å². The number of unbranched alkanes of at least 4 members (excludes halogenated alkanes) is 2.